The molecule has 3 nitrogen and oxygen atoms in total. The molecule has 0 amide bonds. The van der Waals surface area contributed by atoms with Crippen molar-refractivity contribution in [2.24, 2.45) is 5.92 Å². The van der Waals surface area contributed by atoms with Crippen LogP contribution in [-0.4, -0.2) is 25.8 Å². The third kappa shape index (κ3) is 4.04. The van der Waals surface area contributed by atoms with E-state index in [0.29, 0.717) is 24.2 Å². The van der Waals surface area contributed by atoms with Gasteiger partial charge in [-0.15, -0.1) is 0 Å². The van der Waals surface area contributed by atoms with Gasteiger partial charge in [-0.2, -0.15) is 0 Å². The van der Waals surface area contributed by atoms with Crippen LogP contribution < -0.4 is 0 Å². The molecule has 0 aliphatic heterocycles. The van der Waals surface area contributed by atoms with E-state index in [0.717, 1.165) is 25.7 Å². The van der Waals surface area contributed by atoms with Crippen LogP contribution in [0.15, 0.2) is 12.2 Å². The Bertz CT molecular complexity index is 227. The predicted molar refractivity (Wildman–Crippen MR) is 58.5 cm³/mol. The highest BCUT2D eigenvalue weighted by Crippen LogP contribution is 2.26. The van der Waals surface area contributed by atoms with Gasteiger partial charge in [0.05, 0.1) is 12.7 Å². The summed E-state index contributed by atoms with van der Waals surface area (Å²) in [6, 6.07) is 0. The van der Waals surface area contributed by atoms with Crippen LogP contribution in [0, 0.1) is 5.92 Å². The molecule has 0 heterocycles. The lowest BCUT2D eigenvalue weighted by Gasteiger charge is -2.27. The fourth-order valence-corrected chi connectivity index (χ4v) is 1.85. The summed E-state index contributed by atoms with van der Waals surface area (Å²) in [5.41, 5.74) is 0.473. The molecule has 0 atom stereocenters. The molecule has 86 valence electrons. The minimum absolute atomic E-state index is 0.274. The van der Waals surface area contributed by atoms with Gasteiger partial charge in [0.2, 0.25) is 0 Å². The Kier molecular flexibility index (Phi) is 4.82. The largest absolute Gasteiger partial charge is 0.462 e. The van der Waals surface area contributed by atoms with E-state index in [2.05, 4.69) is 6.58 Å². The van der Waals surface area contributed by atoms with E-state index in [-0.39, 0.29) is 5.97 Å². The minimum Gasteiger partial charge on any atom is -0.462 e. The van der Waals surface area contributed by atoms with Crippen molar-refractivity contribution in [3.05, 3.63) is 12.2 Å². The molecule has 1 aliphatic rings. The standard InChI is InChI=1S/C12H20O3/c1-9(2)12(13)15-8-10-4-6-11(14-3)7-5-10/h10-11H,1,4-8H2,2-3H3. The maximum absolute atomic E-state index is 11.2. The fourth-order valence-electron chi connectivity index (χ4n) is 1.85. The topological polar surface area (TPSA) is 35.5 Å². The van der Waals surface area contributed by atoms with Gasteiger partial charge < -0.3 is 9.47 Å². The summed E-state index contributed by atoms with van der Waals surface area (Å²) in [7, 11) is 1.76. The SMILES string of the molecule is C=C(C)C(=O)OCC1CCC(OC)CC1. The van der Waals surface area contributed by atoms with Crippen LogP contribution in [0.3, 0.4) is 0 Å². The first-order chi connectivity index (χ1) is 7.13. The number of carbonyl (C=O) groups is 1. The monoisotopic (exact) mass is 212 g/mol. The van der Waals surface area contributed by atoms with Crippen LogP contribution in [0.5, 0.6) is 0 Å². The molecule has 0 saturated heterocycles. The van der Waals surface area contributed by atoms with Crippen LogP contribution in [0.25, 0.3) is 0 Å². The lowest BCUT2D eigenvalue weighted by molar-refractivity contribution is -0.140. The van der Waals surface area contributed by atoms with Crippen LogP contribution in [-0.2, 0) is 14.3 Å². The molecule has 0 radical (unpaired) electrons. The highest BCUT2D eigenvalue weighted by atomic mass is 16.5. The Morgan fingerprint density at radius 3 is 2.40 bits per heavy atom. The molecular weight excluding hydrogens is 192 g/mol. The summed E-state index contributed by atoms with van der Waals surface area (Å²) in [6.07, 6.45) is 4.72. The fraction of sp³-hybridized carbons (Fsp3) is 0.750. The Balaban J connectivity index is 2.19. The van der Waals surface area contributed by atoms with Crippen molar-refractivity contribution in [3.8, 4) is 0 Å². The van der Waals surface area contributed by atoms with E-state index in [4.69, 9.17) is 9.47 Å². The molecule has 0 N–H and O–H groups in total. The Labute approximate surface area is 91.4 Å². The van der Waals surface area contributed by atoms with E-state index >= 15 is 0 Å². The van der Waals surface area contributed by atoms with Gasteiger partial charge in [-0.05, 0) is 38.5 Å². The van der Waals surface area contributed by atoms with Gasteiger partial charge in [-0.3, -0.25) is 0 Å². The molecule has 0 bridgehead atoms. The quantitative estimate of drug-likeness (QED) is 0.530. The number of hydrogen-bond donors (Lipinski definition) is 0. The summed E-state index contributed by atoms with van der Waals surface area (Å²) < 4.78 is 10.4. The Morgan fingerprint density at radius 2 is 1.93 bits per heavy atom. The third-order valence-electron chi connectivity index (χ3n) is 2.93. The van der Waals surface area contributed by atoms with Crippen LogP contribution in [0.4, 0.5) is 0 Å². The zero-order valence-electron chi connectivity index (χ0n) is 9.62. The van der Waals surface area contributed by atoms with Crippen LogP contribution in [0.2, 0.25) is 0 Å². The first-order valence-corrected chi connectivity index (χ1v) is 5.49. The molecule has 1 saturated carbocycles. The highest BCUT2D eigenvalue weighted by Gasteiger charge is 2.21. The first-order valence-electron chi connectivity index (χ1n) is 5.49. The van der Waals surface area contributed by atoms with Crippen molar-refractivity contribution in [2.45, 2.75) is 38.7 Å². The maximum atomic E-state index is 11.2. The molecular formula is C12H20O3. The summed E-state index contributed by atoms with van der Waals surface area (Å²) in [4.78, 5) is 11.2. The van der Waals surface area contributed by atoms with Crippen molar-refractivity contribution in [3.63, 3.8) is 0 Å². The van der Waals surface area contributed by atoms with E-state index in [9.17, 15) is 4.79 Å². The molecule has 0 unspecified atom stereocenters. The first kappa shape index (κ1) is 12.2. The molecule has 0 spiro atoms. The lowest BCUT2D eigenvalue weighted by Crippen LogP contribution is -2.24. The average Bonchev–Trinajstić information content (AvgIpc) is 2.26. The van der Waals surface area contributed by atoms with Crippen LogP contribution >= 0.6 is 0 Å². The molecule has 1 aliphatic carbocycles. The number of carbonyl (C=O) groups excluding carboxylic acids is 1. The predicted octanol–water partition coefficient (Wildman–Crippen LogP) is 2.31. The number of ether oxygens (including phenoxy) is 2. The highest BCUT2D eigenvalue weighted by molar-refractivity contribution is 5.86. The number of methoxy groups -OCH3 is 1. The van der Waals surface area contributed by atoms with Crippen molar-refractivity contribution >= 4 is 5.97 Å². The summed E-state index contributed by atoms with van der Waals surface area (Å²) in [6.45, 7) is 5.75. The second-order valence-corrected chi connectivity index (χ2v) is 4.26. The summed E-state index contributed by atoms with van der Waals surface area (Å²) >= 11 is 0. The molecule has 0 aromatic carbocycles. The number of esters is 1. The zero-order valence-corrected chi connectivity index (χ0v) is 9.62. The van der Waals surface area contributed by atoms with E-state index in [1.807, 2.05) is 0 Å². The van der Waals surface area contributed by atoms with Crippen molar-refractivity contribution < 1.29 is 14.3 Å². The van der Waals surface area contributed by atoms with E-state index < -0.39 is 0 Å². The average molecular weight is 212 g/mol. The second-order valence-electron chi connectivity index (χ2n) is 4.26. The Hall–Kier alpha value is -0.830. The maximum Gasteiger partial charge on any atom is 0.333 e. The number of rotatable bonds is 4. The molecule has 3 heteroatoms. The van der Waals surface area contributed by atoms with Gasteiger partial charge in [-0.25, -0.2) is 4.79 Å². The second kappa shape index (κ2) is 5.91. The van der Waals surface area contributed by atoms with Gasteiger partial charge in [0.1, 0.15) is 0 Å². The lowest BCUT2D eigenvalue weighted by atomic mass is 9.88. The smallest absolute Gasteiger partial charge is 0.333 e. The van der Waals surface area contributed by atoms with Crippen molar-refractivity contribution in [1.82, 2.24) is 0 Å². The van der Waals surface area contributed by atoms with E-state index in [1.165, 1.54) is 0 Å². The van der Waals surface area contributed by atoms with Gasteiger partial charge in [0.15, 0.2) is 0 Å². The van der Waals surface area contributed by atoms with Gasteiger partial charge in [-0.1, -0.05) is 6.58 Å². The normalized spacial score (nSPS) is 26.0. The molecule has 1 fully saturated rings. The van der Waals surface area contributed by atoms with Gasteiger partial charge >= 0.3 is 5.97 Å². The minimum atomic E-state index is -0.274. The Morgan fingerprint density at radius 1 is 1.33 bits per heavy atom. The molecule has 0 aromatic heterocycles. The van der Waals surface area contributed by atoms with Crippen molar-refractivity contribution in [2.75, 3.05) is 13.7 Å². The summed E-state index contributed by atoms with van der Waals surface area (Å²) in [5, 5.41) is 0. The van der Waals surface area contributed by atoms with Gasteiger partial charge in [0, 0.05) is 12.7 Å². The molecule has 0 aromatic rings. The van der Waals surface area contributed by atoms with Crippen molar-refractivity contribution in [1.29, 1.82) is 0 Å². The molecule has 1 rings (SSSR count). The third-order valence-corrected chi connectivity index (χ3v) is 2.93. The van der Waals surface area contributed by atoms with E-state index in [1.54, 1.807) is 14.0 Å². The van der Waals surface area contributed by atoms with Crippen LogP contribution in [0.1, 0.15) is 32.6 Å². The molecule has 15 heavy (non-hydrogen) atoms. The summed E-state index contributed by atoms with van der Waals surface area (Å²) in [5.74, 6) is 0.226. The zero-order chi connectivity index (χ0) is 11.3. The number of hydrogen-bond acceptors (Lipinski definition) is 3. The van der Waals surface area contributed by atoms with Gasteiger partial charge in [0.25, 0.3) is 0 Å².